The third kappa shape index (κ3) is 3.44. The lowest BCUT2D eigenvalue weighted by Crippen LogP contribution is -2.32. The van der Waals surface area contributed by atoms with Crippen LogP contribution in [0.1, 0.15) is 18.5 Å². The molecule has 1 aromatic rings. The number of hydrogen-bond acceptors (Lipinski definition) is 4. The van der Waals surface area contributed by atoms with Crippen LogP contribution in [0.15, 0.2) is 24.3 Å². The summed E-state index contributed by atoms with van der Waals surface area (Å²) in [6, 6.07) is 7.20. The summed E-state index contributed by atoms with van der Waals surface area (Å²) in [6.45, 7) is 1.71. The number of sulfone groups is 1. The molecule has 5 heteroatoms. The minimum Gasteiger partial charge on any atom is -0.497 e. The van der Waals surface area contributed by atoms with Crippen LogP contribution in [0.5, 0.6) is 5.75 Å². The fraction of sp³-hybridized carbons (Fsp3) is 0.500. The Hall–Kier alpha value is -1.07. The molecule has 1 aromatic carbocycles. The van der Waals surface area contributed by atoms with Crippen LogP contribution in [0.4, 0.5) is 0 Å². The molecule has 0 spiro atoms. The van der Waals surface area contributed by atoms with Gasteiger partial charge in [0, 0.05) is 12.3 Å². The highest BCUT2D eigenvalue weighted by molar-refractivity contribution is 7.91. The van der Waals surface area contributed by atoms with Crippen molar-refractivity contribution in [1.82, 2.24) is 5.32 Å². The molecule has 0 saturated heterocycles. The minimum absolute atomic E-state index is 0.212. The van der Waals surface area contributed by atoms with Crippen LogP contribution in [0.3, 0.4) is 0 Å². The zero-order valence-electron chi connectivity index (χ0n) is 10.6. The Bertz CT molecular complexity index is 453. The molecule has 0 aromatic heterocycles. The van der Waals surface area contributed by atoms with E-state index < -0.39 is 15.1 Å². The summed E-state index contributed by atoms with van der Waals surface area (Å²) in [5, 5.41) is 2.57. The summed E-state index contributed by atoms with van der Waals surface area (Å²) in [5.74, 6) is 0.760. The van der Waals surface area contributed by atoms with Gasteiger partial charge in [-0.15, -0.1) is 0 Å². The predicted octanol–water partition coefficient (Wildman–Crippen LogP) is 1.39. The molecule has 1 rings (SSSR count). The van der Waals surface area contributed by atoms with Crippen molar-refractivity contribution in [3.63, 3.8) is 0 Å². The van der Waals surface area contributed by atoms with E-state index in [0.717, 1.165) is 11.3 Å². The molecule has 17 heavy (non-hydrogen) atoms. The van der Waals surface area contributed by atoms with Crippen molar-refractivity contribution >= 4 is 9.84 Å². The highest BCUT2D eigenvalue weighted by atomic mass is 32.2. The maximum atomic E-state index is 11.6. The summed E-state index contributed by atoms with van der Waals surface area (Å²) in [6.07, 6.45) is 1.26. The SMILES string of the molecule is CNC(c1ccc(OC)cc1)C(C)S(C)(=O)=O. The summed E-state index contributed by atoms with van der Waals surface area (Å²) in [5.41, 5.74) is 0.936. The smallest absolute Gasteiger partial charge is 0.151 e. The molecular formula is C12H19NO3S. The maximum absolute atomic E-state index is 11.6. The molecule has 0 heterocycles. The molecule has 0 amide bonds. The molecule has 0 aliphatic carbocycles. The number of benzene rings is 1. The van der Waals surface area contributed by atoms with Crippen molar-refractivity contribution in [2.45, 2.75) is 18.2 Å². The maximum Gasteiger partial charge on any atom is 0.151 e. The largest absolute Gasteiger partial charge is 0.497 e. The summed E-state index contributed by atoms with van der Waals surface area (Å²) < 4.78 is 28.2. The van der Waals surface area contributed by atoms with Gasteiger partial charge in [0.15, 0.2) is 9.84 Å². The Morgan fingerprint density at radius 1 is 1.24 bits per heavy atom. The first-order valence-electron chi connectivity index (χ1n) is 5.40. The predicted molar refractivity (Wildman–Crippen MR) is 69.1 cm³/mol. The molecule has 0 radical (unpaired) electrons. The normalized spacial score (nSPS) is 15.3. The Morgan fingerprint density at radius 3 is 2.12 bits per heavy atom. The number of methoxy groups -OCH3 is 1. The van der Waals surface area contributed by atoms with E-state index in [4.69, 9.17) is 4.74 Å². The average molecular weight is 257 g/mol. The standard InChI is InChI=1S/C12H19NO3S/c1-9(17(4,14)15)12(13-2)10-5-7-11(16-3)8-6-10/h5-9,12-13H,1-4H3. The lowest BCUT2D eigenvalue weighted by atomic mass is 10.0. The first-order valence-corrected chi connectivity index (χ1v) is 7.35. The number of ether oxygens (including phenoxy) is 1. The third-order valence-electron chi connectivity index (χ3n) is 2.93. The Kier molecular flexibility index (Phi) is 4.54. The zero-order valence-corrected chi connectivity index (χ0v) is 11.4. The van der Waals surface area contributed by atoms with Gasteiger partial charge >= 0.3 is 0 Å². The van der Waals surface area contributed by atoms with Gasteiger partial charge in [-0.05, 0) is 31.7 Å². The molecule has 0 aliphatic heterocycles. The van der Waals surface area contributed by atoms with E-state index in [2.05, 4.69) is 5.32 Å². The number of hydrogen-bond donors (Lipinski definition) is 1. The Labute approximate surface area is 103 Å². The molecule has 96 valence electrons. The van der Waals surface area contributed by atoms with E-state index in [1.165, 1.54) is 6.26 Å². The van der Waals surface area contributed by atoms with E-state index in [0.29, 0.717) is 0 Å². The van der Waals surface area contributed by atoms with Crippen LogP contribution in [0.25, 0.3) is 0 Å². The van der Waals surface area contributed by atoms with Gasteiger partial charge in [-0.25, -0.2) is 8.42 Å². The minimum atomic E-state index is -3.07. The second-order valence-electron chi connectivity index (χ2n) is 4.07. The van der Waals surface area contributed by atoms with Gasteiger partial charge in [0.25, 0.3) is 0 Å². The second kappa shape index (κ2) is 5.51. The van der Waals surface area contributed by atoms with E-state index in [9.17, 15) is 8.42 Å². The van der Waals surface area contributed by atoms with Gasteiger partial charge < -0.3 is 10.1 Å². The molecule has 0 aliphatic rings. The average Bonchev–Trinajstić information content (AvgIpc) is 2.29. The van der Waals surface area contributed by atoms with Gasteiger partial charge in [-0.1, -0.05) is 12.1 Å². The molecule has 0 bridgehead atoms. The molecule has 0 fully saturated rings. The molecule has 2 unspecified atom stereocenters. The summed E-state index contributed by atoms with van der Waals surface area (Å²) in [7, 11) is 0.290. The van der Waals surface area contributed by atoms with E-state index in [1.54, 1.807) is 21.1 Å². The van der Waals surface area contributed by atoms with Crippen LogP contribution in [-0.2, 0) is 9.84 Å². The molecule has 2 atom stereocenters. The van der Waals surface area contributed by atoms with E-state index in [1.807, 2.05) is 24.3 Å². The van der Waals surface area contributed by atoms with Gasteiger partial charge in [0.1, 0.15) is 5.75 Å². The first kappa shape index (κ1) is 14.0. The van der Waals surface area contributed by atoms with Gasteiger partial charge in [-0.3, -0.25) is 0 Å². The summed E-state index contributed by atoms with van der Waals surface area (Å²) >= 11 is 0. The summed E-state index contributed by atoms with van der Waals surface area (Å²) in [4.78, 5) is 0. The van der Waals surface area contributed by atoms with Crippen LogP contribution in [-0.4, -0.2) is 34.1 Å². The lowest BCUT2D eigenvalue weighted by Gasteiger charge is -2.22. The van der Waals surface area contributed by atoms with Crippen molar-refractivity contribution in [2.75, 3.05) is 20.4 Å². The van der Waals surface area contributed by atoms with E-state index >= 15 is 0 Å². The monoisotopic (exact) mass is 257 g/mol. The van der Waals surface area contributed by atoms with Crippen LogP contribution in [0, 0.1) is 0 Å². The second-order valence-corrected chi connectivity index (χ2v) is 6.48. The van der Waals surface area contributed by atoms with Crippen molar-refractivity contribution in [3.8, 4) is 5.75 Å². The van der Waals surface area contributed by atoms with Crippen LogP contribution in [0.2, 0.25) is 0 Å². The van der Waals surface area contributed by atoms with Crippen LogP contribution < -0.4 is 10.1 Å². The molecule has 1 N–H and O–H groups in total. The fourth-order valence-corrected chi connectivity index (χ4v) is 2.52. The van der Waals surface area contributed by atoms with Crippen molar-refractivity contribution in [3.05, 3.63) is 29.8 Å². The third-order valence-corrected chi connectivity index (χ3v) is 4.55. The van der Waals surface area contributed by atoms with Gasteiger partial charge in [0.2, 0.25) is 0 Å². The Balaban J connectivity index is 3.01. The highest BCUT2D eigenvalue weighted by Gasteiger charge is 2.25. The van der Waals surface area contributed by atoms with E-state index in [-0.39, 0.29) is 6.04 Å². The fourth-order valence-electron chi connectivity index (χ4n) is 1.73. The van der Waals surface area contributed by atoms with Crippen molar-refractivity contribution in [1.29, 1.82) is 0 Å². The van der Waals surface area contributed by atoms with Crippen molar-refractivity contribution < 1.29 is 13.2 Å². The quantitative estimate of drug-likeness (QED) is 0.866. The first-order chi connectivity index (χ1) is 7.90. The van der Waals surface area contributed by atoms with Crippen LogP contribution >= 0.6 is 0 Å². The van der Waals surface area contributed by atoms with Gasteiger partial charge in [-0.2, -0.15) is 0 Å². The molecule has 4 nitrogen and oxygen atoms in total. The topological polar surface area (TPSA) is 55.4 Å². The molecule has 0 saturated carbocycles. The lowest BCUT2D eigenvalue weighted by molar-refractivity contribution is 0.414. The molecular weight excluding hydrogens is 238 g/mol. The Morgan fingerprint density at radius 2 is 1.76 bits per heavy atom. The number of nitrogens with one attached hydrogen (secondary N) is 1. The van der Waals surface area contributed by atoms with Crippen molar-refractivity contribution in [2.24, 2.45) is 0 Å². The highest BCUT2D eigenvalue weighted by Crippen LogP contribution is 2.23. The van der Waals surface area contributed by atoms with Gasteiger partial charge in [0.05, 0.1) is 12.4 Å². The zero-order chi connectivity index (χ0) is 13.1. The number of rotatable bonds is 5.